The largest absolute Gasteiger partial charge is 0.383 e. The summed E-state index contributed by atoms with van der Waals surface area (Å²) in [7, 11) is -0.354. The van der Waals surface area contributed by atoms with E-state index in [2.05, 4.69) is 15.4 Å². The molecule has 1 unspecified atom stereocenters. The Morgan fingerprint density at radius 3 is 2.65 bits per heavy atom. The normalized spacial score (nSPS) is 12.3. The van der Waals surface area contributed by atoms with E-state index >= 15 is 0 Å². The van der Waals surface area contributed by atoms with E-state index in [0.717, 1.165) is 0 Å². The number of sulfonamides is 1. The molecule has 7 nitrogen and oxygen atoms in total. The topological polar surface area (TPSA) is 96.5 Å². The summed E-state index contributed by atoms with van der Waals surface area (Å²) in [4.78, 5) is 12.1. The van der Waals surface area contributed by atoms with Gasteiger partial charge in [-0.1, -0.05) is 6.07 Å². The number of benzene rings is 1. The van der Waals surface area contributed by atoms with Gasteiger partial charge in [0.1, 0.15) is 0 Å². The average Bonchev–Trinajstić information content (AvgIpc) is 2.52. The molecular formula is C14H24ClN3O4S. The molecular weight excluding hydrogens is 342 g/mol. The third kappa shape index (κ3) is 7.28. The number of rotatable bonds is 9. The summed E-state index contributed by atoms with van der Waals surface area (Å²) in [6, 6.07) is 6.05. The second kappa shape index (κ2) is 10.6. The van der Waals surface area contributed by atoms with Crippen LogP contribution in [0, 0.1) is 0 Å². The molecule has 132 valence electrons. The van der Waals surface area contributed by atoms with Crippen LogP contribution in [0.2, 0.25) is 0 Å². The third-order valence-corrected chi connectivity index (χ3v) is 4.53. The van der Waals surface area contributed by atoms with Crippen LogP contribution in [-0.2, 0) is 14.8 Å². The molecule has 0 saturated heterocycles. The molecule has 0 aliphatic heterocycles. The predicted molar refractivity (Wildman–Crippen MR) is 91.6 cm³/mol. The van der Waals surface area contributed by atoms with Gasteiger partial charge in [-0.3, -0.25) is 4.79 Å². The molecule has 1 atom stereocenters. The maximum atomic E-state index is 12.1. The first-order chi connectivity index (χ1) is 10.4. The van der Waals surface area contributed by atoms with Crippen molar-refractivity contribution in [1.82, 2.24) is 15.4 Å². The maximum Gasteiger partial charge on any atom is 0.251 e. The van der Waals surface area contributed by atoms with Crippen LogP contribution >= 0.6 is 12.4 Å². The highest BCUT2D eigenvalue weighted by atomic mass is 35.5. The Hall–Kier alpha value is -1.19. The zero-order valence-electron chi connectivity index (χ0n) is 13.5. The van der Waals surface area contributed by atoms with E-state index in [1.54, 1.807) is 19.2 Å². The molecule has 0 bridgehead atoms. The number of amides is 1. The molecule has 0 spiro atoms. The molecule has 23 heavy (non-hydrogen) atoms. The molecule has 0 aromatic heterocycles. The molecule has 0 fully saturated rings. The smallest absolute Gasteiger partial charge is 0.251 e. The van der Waals surface area contributed by atoms with Gasteiger partial charge in [0.25, 0.3) is 5.91 Å². The lowest BCUT2D eigenvalue weighted by Gasteiger charge is -2.12. The Morgan fingerprint density at radius 2 is 2.04 bits per heavy atom. The number of methoxy groups -OCH3 is 1. The minimum absolute atomic E-state index is 0. The van der Waals surface area contributed by atoms with Crippen LogP contribution in [0.15, 0.2) is 29.2 Å². The average molecular weight is 366 g/mol. The van der Waals surface area contributed by atoms with Crippen molar-refractivity contribution in [2.45, 2.75) is 17.9 Å². The number of hydrogen-bond donors (Lipinski definition) is 3. The maximum absolute atomic E-state index is 12.1. The molecule has 0 heterocycles. The highest BCUT2D eigenvalue weighted by molar-refractivity contribution is 7.89. The molecule has 3 N–H and O–H groups in total. The van der Waals surface area contributed by atoms with Crippen molar-refractivity contribution >= 4 is 28.3 Å². The fourth-order valence-corrected chi connectivity index (χ4v) is 2.67. The fraction of sp³-hybridized carbons (Fsp3) is 0.500. The number of likely N-dealkylation sites (N-methyl/N-ethyl adjacent to an activating group) is 1. The van der Waals surface area contributed by atoms with E-state index in [1.165, 1.54) is 19.2 Å². The molecule has 0 radical (unpaired) electrons. The standard InChI is InChI=1S/C14H23N3O4S.ClH/c1-11(15-2)10-16-14(18)12-5-4-6-13(9-12)22(19,20)17-7-8-21-3;/h4-6,9,11,15,17H,7-8,10H2,1-3H3,(H,16,18);1H. The zero-order valence-corrected chi connectivity index (χ0v) is 15.1. The summed E-state index contributed by atoms with van der Waals surface area (Å²) >= 11 is 0. The van der Waals surface area contributed by atoms with Gasteiger partial charge in [-0.25, -0.2) is 13.1 Å². The van der Waals surface area contributed by atoms with E-state index < -0.39 is 10.0 Å². The van der Waals surface area contributed by atoms with Crippen molar-refractivity contribution in [3.05, 3.63) is 29.8 Å². The van der Waals surface area contributed by atoms with Gasteiger partial charge in [-0.2, -0.15) is 0 Å². The van der Waals surface area contributed by atoms with Gasteiger partial charge in [0.2, 0.25) is 10.0 Å². The Labute approximate surface area is 143 Å². The van der Waals surface area contributed by atoms with Crippen molar-refractivity contribution in [2.75, 3.05) is 33.9 Å². The Kier molecular flexibility index (Phi) is 10.0. The number of halogens is 1. The number of nitrogens with one attached hydrogen (secondary N) is 3. The molecule has 9 heteroatoms. The fourth-order valence-electron chi connectivity index (χ4n) is 1.62. The van der Waals surface area contributed by atoms with Crippen LogP contribution in [0.1, 0.15) is 17.3 Å². The second-order valence-electron chi connectivity index (χ2n) is 4.82. The lowest BCUT2D eigenvalue weighted by Crippen LogP contribution is -2.37. The van der Waals surface area contributed by atoms with Crippen LogP contribution in [0.25, 0.3) is 0 Å². The SMILES string of the molecule is CNC(C)CNC(=O)c1cccc(S(=O)(=O)NCCOC)c1.Cl. The lowest BCUT2D eigenvalue weighted by molar-refractivity contribution is 0.0950. The monoisotopic (exact) mass is 365 g/mol. The summed E-state index contributed by atoms with van der Waals surface area (Å²) in [6.45, 7) is 2.84. The molecule has 0 aliphatic rings. The summed E-state index contributed by atoms with van der Waals surface area (Å²) in [5.74, 6) is -0.309. The van der Waals surface area contributed by atoms with Gasteiger partial charge < -0.3 is 15.4 Å². The summed E-state index contributed by atoms with van der Waals surface area (Å²) < 4.78 is 31.4. The molecule has 1 amide bonds. The van der Waals surface area contributed by atoms with Gasteiger partial charge in [-0.15, -0.1) is 12.4 Å². The minimum atomic E-state index is -3.65. The zero-order chi connectivity index (χ0) is 16.6. The summed E-state index contributed by atoms with van der Waals surface area (Å²) in [6.07, 6.45) is 0. The van der Waals surface area contributed by atoms with Crippen LogP contribution < -0.4 is 15.4 Å². The van der Waals surface area contributed by atoms with Crippen molar-refractivity contribution in [1.29, 1.82) is 0 Å². The second-order valence-corrected chi connectivity index (χ2v) is 6.59. The van der Waals surface area contributed by atoms with Crippen molar-refractivity contribution < 1.29 is 17.9 Å². The van der Waals surface area contributed by atoms with Gasteiger partial charge in [0.15, 0.2) is 0 Å². The van der Waals surface area contributed by atoms with E-state index in [4.69, 9.17) is 4.74 Å². The quantitative estimate of drug-likeness (QED) is 0.549. The summed E-state index contributed by atoms with van der Waals surface area (Å²) in [5.41, 5.74) is 0.304. The van der Waals surface area contributed by atoms with Crippen molar-refractivity contribution in [2.24, 2.45) is 0 Å². The first-order valence-electron chi connectivity index (χ1n) is 6.95. The van der Waals surface area contributed by atoms with Crippen LogP contribution in [0.4, 0.5) is 0 Å². The van der Waals surface area contributed by atoms with Crippen LogP contribution in [-0.4, -0.2) is 54.2 Å². The van der Waals surface area contributed by atoms with E-state index in [9.17, 15) is 13.2 Å². The molecule has 1 aromatic rings. The third-order valence-electron chi connectivity index (χ3n) is 3.07. The van der Waals surface area contributed by atoms with E-state index in [1.807, 2.05) is 6.92 Å². The van der Waals surface area contributed by atoms with Gasteiger partial charge in [-0.05, 0) is 32.2 Å². The number of hydrogen-bond acceptors (Lipinski definition) is 5. The number of carbonyl (C=O) groups is 1. The highest BCUT2D eigenvalue weighted by Crippen LogP contribution is 2.11. The Morgan fingerprint density at radius 1 is 1.35 bits per heavy atom. The van der Waals surface area contributed by atoms with Gasteiger partial charge in [0, 0.05) is 31.8 Å². The van der Waals surface area contributed by atoms with Crippen LogP contribution in [0.3, 0.4) is 0 Å². The Balaban J connectivity index is 0.00000484. The number of ether oxygens (including phenoxy) is 1. The Bertz CT molecular complexity index is 595. The van der Waals surface area contributed by atoms with Gasteiger partial charge in [0.05, 0.1) is 11.5 Å². The van der Waals surface area contributed by atoms with E-state index in [0.29, 0.717) is 12.1 Å². The molecule has 0 aliphatic carbocycles. The molecule has 0 saturated carbocycles. The minimum Gasteiger partial charge on any atom is -0.383 e. The first-order valence-corrected chi connectivity index (χ1v) is 8.43. The molecule has 1 aromatic carbocycles. The van der Waals surface area contributed by atoms with Crippen molar-refractivity contribution in [3.8, 4) is 0 Å². The van der Waals surface area contributed by atoms with Gasteiger partial charge >= 0.3 is 0 Å². The molecule has 1 rings (SSSR count). The van der Waals surface area contributed by atoms with Crippen molar-refractivity contribution in [3.63, 3.8) is 0 Å². The first kappa shape index (κ1) is 21.8. The number of carbonyl (C=O) groups excluding carboxylic acids is 1. The highest BCUT2D eigenvalue weighted by Gasteiger charge is 2.16. The van der Waals surface area contributed by atoms with E-state index in [-0.39, 0.29) is 42.4 Å². The summed E-state index contributed by atoms with van der Waals surface area (Å²) in [5, 5.41) is 5.75. The lowest BCUT2D eigenvalue weighted by atomic mass is 10.2. The predicted octanol–water partition coefficient (Wildman–Crippen LogP) is 0.371. The van der Waals surface area contributed by atoms with Crippen LogP contribution in [0.5, 0.6) is 0 Å².